The molecule has 4 rings (SSSR count). The standard InChI is InChI=1S/C22H32N2O3/c1-17(14-24-20-7-2-3-8-21(20)27-16-22(24)25)13-23-11-9-19(10-12-23)26-15-18-5-4-6-18/h2-3,7-8,17-19H,4-6,9-16H2,1H3. The normalized spacial score (nSPS) is 22.9. The zero-order valence-corrected chi connectivity index (χ0v) is 16.4. The molecule has 0 aromatic heterocycles. The molecule has 0 spiro atoms. The van der Waals surface area contributed by atoms with E-state index in [-0.39, 0.29) is 12.5 Å². The third-order valence-electron chi connectivity index (χ3n) is 6.20. The van der Waals surface area contributed by atoms with Crippen LogP contribution in [0.5, 0.6) is 5.75 Å². The lowest BCUT2D eigenvalue weighted by atomic mass is 9.86. The summed E-state index contributed by atoms with van der Waals surface area (Å²) < 4.78 is 11.7. The summed E-state index contributed by atoms with van der Waals surface area (Å²) in [5.41, 5.74) is 0.906. The van der Waals surface area contributed by atoms with Crippen LogP contribution in [0.2, 0.25) is 0 Å². The largest absolute Gasteiger partial charge is 0.482 e. The number of anilines is 1. The minimum absolute atomic E-state index is 0.0589. The molecule has 148 valence electrons. The number of fused-ring (bicyclic) bond motifs is 1. The number of hydrogen-bond acceptors (Lipinski definition) is 4. The van der Waals surface area contributed by atoms with Crippen molar-refractivity contribution in [1.82, 2.24) is 4.90 Å². The van der Waals surface area contributed by atoms with E-state index >= 15 is 0 Å². The Morgan fingerprint density at radius 2 is 1.93 bits per heavy atom. The molecule has 0 radical (unpaired) electrons. The summed E-state index contributed by atoms with van der Waals surface area (Å²) in [6.07, 6.45) is 6.84. The van der Waals surface area contributed by atoms with Gasteiger partial charge in [-0.15, -0.1) is 0 Å². The van der Waals surface area contributed by atoms with Crippen molar-refractivity contribution in [1.29, 1.82) is 0 Å². The third kappa shape index (κ3) is 4.64. The Labute approximate surface area is 162 Å². The van der Waals surface area contributed by atoms with Crippen molar-refractivity contribution in [3.63, 3.8) is 0 Å². The maximum absolute atomic E-state index is 12.4. The number of likely N-dealkylation sites (tertiary alicyclic amines) is 1. The van der Waals surface area contributed by atoms with E-state index in [0.717, 1.165) is 63.0 Å². The number of nitrogens with zero attached hydrogens (tertiary/aromatic N) is 2. The van der Waals surface area contributed by atoms with Crippen LogP contribution in [-0.2, 0) is 9.53 Å². The highest BCUT2D eigenvalue weighted by atomic mass is 16.5. The third-order valence-corrected chi connectivity index (χ3v) is 6.20. The predicted molar refractivity (Wildman–Crippen MR) is 106 cm³/mol. The average molecular weight is 373 g/mol. The van der Waals surface area contributed by atoms with Crippen molar-refractivity contribution in [2.45, 2.75) is 45.1 Å². The van der Waals surface area contributed by atoms with Crippen LogP contribution in [-0.4, -0.2) is 56.3 Å². The lowest BCUT2D eigenvalue weighted by molar-refractivity contribution is -0.121. The number of ether oxygens (including phenoxy) is 2. The Kier molecular flexibility index (Phi) is 5.98. The Hall–Kier alpha value is -1.59. The van der Waals surface area contributed by atoms with Crippen LogP contribution in [0.4, 0.5) is 5.69 Å². The van der Waals surface area contributed by atoms with Crippen LogP contribution < -0.4 is 9.64 Å². The molecule has 1 aromatic carbocycles. The van der Waals surface area contributed by atoms with E-state index < -0.39 is 0 Å². The van der Waals surface area contributed by atoms with Gasteiger partial charge in [-0.2, -0.15) is 0 Å². The van der Waals surface area contributed by atoms with E-state index in [4.69, 9.17) is 9.47 Å². The molecule has 1 saturated heterocycles. The summed E-state index contributed by atoms with van der Waals surface area (Å²) in [5, 5.41) is 0. The van der Waals surface area contributed by atoms with Crippen LogP contribution >= 0.6 is 0 Å². The fourth-order valence-electron chi connectivity index (χ4n) is 4.35. The Morgan fingerprint density at radius 1 is 1.15 bits per heavy atom. The van der Waals surface area contributed by atoms with Gasteiger partial charge >= 0.3 is 0 Å². The molecule has 1 atom stereocenters. The summed E-state index contributed by atoms with van der Waals surface area (Å²) in [6.45, 7) is 7.34. The molecule has 27 heavy (non-hydrogen) atoms. The van der Waals surface area contributed by atoms with Crippen molar-refractivity contribution in [3.8, 4) is 5.75 Å². The first-order valence-electron chi connectivity index (χ1n) is 10.5. The lowest BCUT2D eigenvalue weighted by Crippen LogP contribution is -2.45. The van der Waals surface area contributed by atoms with Gasteiger partial charge < -0.3 is 19.3 Å². The molecule has 5 heteroatoms. The van der Waals surface area contributed by atoms with E-state index in [1.54, 1.807) is 0 Å². The highest BCUT2D eigenvalue weighted by Gasteiger charge is 2.28. The predicted octanol–water partition coefficient (Wildman–Crippen LogP) is 3.33. The molecule has 2 fully saturated rings. The van der Waals surface area contributed by atoms with Crippen molar-refractivity contribution in [2.24, 2.45) is 11.8 Å². The molecule has 1 aliphatic carbocycles. The maximum Gasteiger partial charge on any atom is 0.265 e. The Bertz CT molecular complexity index is 638. The van der Waals surface area contributed by atoms with Gasteiger partial charge in [0.1, 0.15) is 5.75 Å². The molecule has 0 bridgehead atoms. The second-order valence-corrected chi connectivity index (χ2v) is 8.50. The van der Waals surface area contributed by atoms with Gasteiger partial charge in [0.2, 0.25) is 0 Å². The summed E-state index contributed by atoms with van der Waals surface area (Å²) in [6, 6.07) is 7.83. The molecule has 0 N–H and O–H groups in total. The van der Waals surface area contributed by atoms with Gasteiger partial charge in [-0.3, -0.25) is 4.79 Å². The molecule has 3 aliphatic rings. The Balaban J connectivity index is 1.23. The summed E-state index contributed by atoms with van der Waals surface area (Å²) >= 11 is 0. The molecule has 1 unspecified atom stereocenters. The van der Waals surface area contributed by atoms with Gasteiger partial charge in [-0.05, 0) is 49.7 Å². The van der Waals surface area contributed by atoms with Crippen LogP contribution in [0.15, 0.2) is 24.3 Å². The fraction of sp³-hybridized carbons (Fsp3) is 0.682. The molecule has 2 aliphatic heterocycles. The number of para-hydroxylation sites is 2. The first-order valence-corrected chi connectivity index (χ1v) is 10.5. The molecule has 1 amide bonds. The van der Waals surface area contributed by atoms with Gasteiger partial charge in [0, 0.05) is 32.8 Å². The van der Waals surface area contributed by atoms with Crippen molar-refractivity contribution in [3.05, 3.63) is 24.3 Å². The van der Waals surface area contributed by atoms with Gasteiger partial charge in [0.25, 0.3) is 5.91 Å². The molecule has 2 heterocycles. The van der Waals surface area contributed by atoms with Crippen LogP contribution in [0, 0.1) is 11.8 Å². The van der Waals surface area contributed by atoms with Gasteiger partial charge in [-0.25, -0.2) is 0 Å². The van der Waals surface area contributed by atoms with E-state index in [1.807, 2.05) is 29.2 Å². The van der Waals surface area contributed by atoms with Crippen LogP contribution in [0.3, 0.4) is 0 Å². The monoisotopic (exact) mass is 372 g/mol. The minimum atomic E-state index is 0.0589. The molecule has 1 saturated carbocycles. The van der Waals surface area contributed by atoms with Crippen LogP contribution in [0.1, 0.15) is 39.0 Å². The number of rotatable bonds is 7. The summed E-state index contributed by atoms with van der Waals surface area (Å²) in [5.74, 6) is 2.13. The highest BCUT2D eigenvalue weighted by Crippen LogP contribution is 2.32. The fourth-order valence-corrected chi connectivity index (χ4v) is 4.35. The molecule has 1 aromatic rings. The van der Waals surface area contributed by atoms with Gasteiger partial charge in [0.15, 0.2) is 6.61 Å². The summed E-state index contributed by atoms with van der Waals surface area (Å²) in [4.78, 5) is 16.8. The average Bonchev–Trinajstić information content (AvgIpc) is 2.64. The summed E-state index contributed by atoms with van der Waals surface area (Å²) in [7, 11) is 0. The minimum Gasteiger partial charge on any atom is -0.482 e. The second kappa shape index (κ2) is 8.61. The SMILES string of the molecule is CC(CN1CCC(OCC2CCC2)CC1)CN1C(=O)COc2ccccc21. The number of amides is 1. The number of piperidine rings is 1. The number of hydrogen-bond donors (Lipinski definition) is 0. The molecular weight excluding hydrogens is 340 g/mol. The second-order valence-electron chi connectivity index (χ2n) is 8.50. The quantitative estimate of drug-likeness (QED) is 0.736. The first-order chi connectivity index (χ1) is 13.2. The number of carbonyl (C=O) groups is 1. The van der Waals surface area contributed by atoms with Gasteiger partial charge in [0.05, 0.1) is 11.8 Å². The van der Waals surface area contributed by atoms with E-state index in [2.05, 4.69) is 11.8 Å². The van der Waals surface area contributed by atoms with Crippen molar-refractivity contribution >= 4 is 11.6 Å². The van der Waals surface area contributed by atoms with E-state index in [1.165, 1.54) is 19.3 Å². The van der Waals surface area contributed by atoms with Gasteiger partial charge in [-0.1, -0.05) is 25.5 Å². The first kappa shape index (κ1) is 18.8. The van der Waals surface area contributed by atoms with Crippen molar-refractivity contribution in [2.75, 3.05) is 44.3 Å². The highest BCUT2D eigenvalue weighted by molar-refractivity contribution is 5.97. The molecular formula is C22H32N2O3. The smallest absolute Gasteiger partial charge is 0.265 e. The number of carbonyl (C=O) groups excluding carboxylic acids is 1. The Morgan fingerprint density at radius 3 is 2.67 bits per heavy atom. The van der Waals surface area contributed by atoms with E-state index in [9.17, 15) is 4.79 Å². The number of benzene rings is 1. The maximum atomic E-state index is 12.4. The zero-order valence-electron chi connectivity index (χ0n) is 16.4. The lowest BCUT2D eigenvalue weighted by Gasteiger charge is -2.36. The zero-order chi connectivity index (χ0) is 18.6. The van der Waals surface area contributed by atoms with Crippen LogP contribution in [0.25, 0.3) is 0 Å². The van der Waals surface area contributed by atoms with E-state index in [0.29, 0.717) is 12.0 Å². The topological polar surface area (TPSA) is 42.0 Å². The molecule has 5 nitrogen and oxygen atoms in total. The van der Waals surface area contributed by atoms with Crippen molar-refractivity contribution < 1.29 is 14.3 Å².